The van der Waals surface area contributed by atoms with Gasteiger partial charge in [-0.15, -0.1) is 0 Å². The van der Waals surface area contributed by atoms with Crippen LogP contribution in [0, 0.1) is 0 Å². The fourth-order valence-electron chi connectivity index (χ4n) is 3.02. The predicted molar refractivity (Wildman–Crippen MR) is 99.6 cm³/mol. The molecular formula is C19H29N3O4. The van der Waals surface area contributed by atoms with Crippen LogP contribution in [0.3, 0.4) is 0 Å². The Morgan fingerprint density at radius 3 is 2.38 bits per heavy atom. The number of methoxy groups -OCH3 is 2. The molecule has 0 aromatic heterocycles. The van der Waals surface area contributed by atoms with Crippen LogP contribution in [0.4, 0.5) is 0 Å². The Labute approximate surface area is 155 Å². The number of piperazine rings is 1. The third-order valence-electron chi connectivity index (χ3n) is 4.66. The monoisotopic (exact) mass is 363 g/mol. The maximum atomic E-state index is 12.0. The van der Waals surface area contributed by atoms with Crippen LogP contribution in [0.25, 0.3) is 0 Å². The molecule has 0 spiro atoms. The van der Waals surface area contributed by atoms with Crippen molar-refractivity contribution in [3.63, 3.8) is 0 Å². The zero-order chi connectivity index (χ0) is 18.9. The summed E-state index contributed by atoms with van der Waals surface area (Å²) >= 11 is 0. The summed E-state index contributed by atoms with van der Waals surface area (Å²) in [4.78, 5) is 27.4. The molecule has 0 unspecified atom stereocenters. The number of carbonyl (C=O) groups is 2. The number of amides is 2. The highest BCUT2D eigenvalue weighted by molar-refractivity contribution is 5.76. The first kappa shape index (κ1) is 20.0. The Hall–Kier alpha value is -2.28. The largest absolute Gasteiger partial charge is 0.493 e. The van der Waals surface area contributed by atoms with Crippen LogP contribution in [0.2, 0.25) is 0 Å². The van der Waals surface area contributed by atoms with Crippen molar-refractivity contribution in [2.24, 2.45) is 0 Å². The van der Waals surface area contributed by atoms with E-state index in [2.05, 4.69) is 10.2 Å². The lowest BCUT2D eigenvalue weighted by molar-refractivity contribution is -0.131. The molecule has 144 valence electrons. The first-order chi connectivity index (χ1) is 12.5. The smallest absolute Gasteiger partial charge is 0.221 e. The number of nitrogens with one attached hydrogen (secondary N) is 1. The van der Waals surface area contributed by atoms with Gasteiger partial charge in [-0.25, -0.2) is 0 Å². The molecule has 1 aliphatic heterocycles. The van der Waals surface area contributed by atoms with Crippen LogP contribution in [-0.2, 0) is 16.0 Å². The summed E-state index contributed by atoms with van der Waals surface area (Å²) < 4.78 is 10.5. The third kappa shape index (κ3) is 5.91. The quantitative estimate of drug-likeness (QED) is 0.744. The van der Waals surface area contributed by atoms with E-state index in [0.29, 0.717) is 24.5 Å². The molecule has 26 heavy (non-hydrogen) atoms. The predicted octanol–water partition coefficient (Wildman–Crippen LogP) is 0.917. The van der Waals surface area contributed by atoms with E-state index in [1.54, 1.807) is 21.1 Å². The first-order valence-corrected chi connectivity index (χ1v) is 8.99. The molecule has 1 aromatic carbocycles. The van der Waals surface area contributed by atoms with Crippen LogP contribution in [0.15, 0.2) is 18.2 Å². The zero-order valence-electron chi connectivity index (χ0n) is 15.9. The maximum Gasteiger partial charge on any atom is 0.221 e. The molecule has 1 heterocycles. The van der Waals surface area contributed by atoms with Crippen LogP contribution in [0.5, 0.6) is 11.5 Å². The lowest BCUT2D eigenvalue weighted by Crippen LogP contribution is -2.48. The van der Waals surface area contributed by atoms with E-state index in [-0.39, 0.29) is 11.8 Å². The summed E-state index contributed by atoms with van der Waals surface area (Å²) in [5.41, 5.74) is 1.09. The average molecular weight is 363 g/mol. The van der Waals surface area contributed by atoms with Gasteiger partial charge < -0.3 is 19.7 Å². The van der Waals surface area contributed by atoms with Gasteiger partial charge in [-0.1, -0.05) is 6.07 Å². The van der Waals surface area contributed by atoms with Gasteiger partial charge in [0.25, 0.3) is 0 Å². The molecule has 1 aromatic rings. The van der Waals surface area contributed by atoms with Crippen molar-refractivity contribution >= 4 is 11.8 Å². The highest BCUT2D eigenvalue weighted by atomic mass is 16.5. The second-order valence-electron chi connectivity index (χ2n) is 6.39. The molecular weight excluding hydrogens is 334 g/mol. The van der Waals surface area contributed by atoms with Crippen LogP contribution < -0.4 is 14.8 Å². The Morgan fingerprint density at radius 2 is 1.77 bits per heavy atom. The van der Waals surface area contributed by atoms with Crippen molar-refractivity contribution in [1.29, 1.82) is 0 Å². The van der Waals surface area contributed by atoms with Gasteiger partial charge in [0.2, 0.25) is 11.8 Å². The van der Waals surface area contributed by atoms with Crippen molar-refractivity contribution < 1.29 is 19.1 Å². The second-order valence-corrected chi connectivity index (χ2v) is 6.39. The van der Waals surface area contributed by atoms with Crippen molar-refractivity contribution in [2.45, 2.75) is 19.8 Å². The SMILES string of the molecule is COc1ccc(CCNC(=O)CCN2CCN(C(C)=O)CC2)cc1OC. The maximum absolute atomic E-state index is 12.0. The zero-order valence-corrected chi connectivity index (χ0v) is 15.9. The molecule has 7 heteroatoms. The van der Waals surface area contributed by atoms with Gasteiger partial charge in [-0.05, 0) is 24.1 Å². The Balaban J connectivity index is 1.66. The summed E-state index contributed by atoms with van der Waals surface area (Å²) in [6.07, 6.45) is 1.22. The molecule has 7 nitrogen and oxygen atoms in total. The minimum Gasteiger partial charge on any atom is -0.493 e. The van der Waals surface area contributed by atoms with Crippen molar-refractivity contribution in [3.05, 3.63) is 23.8 Å². The van der Waals surface area contributed by atoms with E-state index in [4.69, 9.17) is 9.47 Å². The van der Waals surface area contributed by atoms with E-state index in [1.807, 2.05) is 23.1 Å². The van der Waals surface area contributed by atoms with Crippen LogP contribution in [0.1, 0.15) is 18.9 Å². The molecule has 2 amide bonds. The minimum atomic E-state index is 0.0551. The molecule has 0 radical (unpaired) electrons. The van der Waals surface area contributed by atoms with Crippen LogP contribution in [-0.4, -0.2) is 75.1 Å². The number of ether oxygens (including phenoxy) is 2. The first-order valence-electron chi connectivity index (χ1n) is 8.99. The Kier molecular flexibility index (Phi) is 7.72. The van der Waals surface area contributed by atoms with Crippen LogP contribution >= 0.6 is 0 Å². The molecule has 1 aliphatic rings. The molecule has 2 rings (SSSR count). The van der Waals surface area contributed by atoms with E-state index in [1.165, 1.54) is 0 Å². The number of rotatable bonds is 8. The fraction of sp³-hybridized carbons (Fsp3) is 0.579. The van der Waals surface area contributed by atoms with Gasteiger partial charge in [0.1, 0.15) is 0 Å². The summed E-state index contributed by atoms with van der Waals surface area (Å²) in [7, 11) is 3.22. The Bertz CT molecular complexity index is 613. The molecule has 1 N–H and O–H groups in total. The number of hydrogen-bond donors (Lipinski definition) is 1. The third-order valence-corrected chi connectivity index (χ3v) is 4.66. The van der Waals surface area contributed by atoms with Gasteiger partial charge in [-0.3, -0.25) is 14.5 Å². The lowest BCUT2D eigenvalue weighted by atomic mass is 10.1. The standard InChI is InChI=1S/C19H29N3O4/c1-15(23)22-12-10-21(11-13-22)9-7-19(24)20-8-6-16-4-5-17(25-2)18(14-16)26-3/h4-5,14H,6-13H2,1-3H3,(H,20,24). The van der Waals surface area contributed by atoms with Crippen molar-refractivity contribution in [3.8, 4) is 11.5 Å². The van der Waals surface area contributed by atoms with E-state index in [9.17, 15) is 9.59 Å². The topological polar surface area (TPSA) is 71.1 Å². The highest BCUT2D eigenvalue weighted by Crippen LogP contribution is 2.27. The number of nitrogens with zero attached hydrogens (tertiary/aromatic N) is 2. The van der Waals surface area contributed by atoms with E-state index < -0.39 is 0 Å². The molecule has 1 fully saturated rings. The molecule has 0 saturated carbocycles. The number of hydrogen-bond acceptors (Lipinski definition) is 5. The number of benzene rings is 1. The second kappa shape index (κ2) is 10.0. The van der Waals surface area contributed by atoms with E-state index >= 15 is 0 Å². The molecule has 0 bridgehead atoms. The van der Waals surface area contributed by atoms with Gasteiger partial charge in [0, 0.05) is 52.6 Å². The van der Waals surface area contributed by atoms with Gasteiger partial charge in [0.15, 0.2) is 11.5 Å². The molecule has 0 aliphatic carbocycles. The fourth-order valence-corrected chi connectivity index (χ4v) is 3.02. The van der Waals surface area contributed by atoms with Gasteiger partial charge >= 0.3 is 0 Å². The Morgan fingerprint density at radius 1 is 1.08 bits per heavy atom. The number of carbonyl (C=O) groups excluding carboxylic acids is 2. The van der Waals surface area contributed by atoms with Crippen molar-refractivity contribution in [1.82, 2.24) is 15.1 Å². The summed E-state index contributed by atoms with van der Waals surface area (Å²) in [5.74, 6) is 1.57. The summed E-state index contributed by atoms with van der Waals surface area (Å²) in [6, 6.07) is 5.78. The summed E-state index contributed by atoms with van der Waals surface area (Å²) in [6.45, 7) is 6.07. The highest BCUT2D eigenvalue weighted by Gasteiger charge is 2.18. The minimum absolute atomic E-state index is 0.0551. The van der Waals surface area contributed by atoms with Gasteiger partial charge in [-0.2, -0.15) is 0 Å². The lowest BCUT2D eigenvalue weighted by Gasteiger charge is -2.34. The molecule has 1 saturated heterocycles. The molecule has 0 atom stereocenters. The average Bonchev–Trinajstić information content (AvgIpc) is 2.66. The van der Waals surface area contributed by atoms with E-state index in [0.717, 1.165) is 44.7 Å². The van der Waals surface area contributed by atoms with Gasteiger partial charge in [0.05, 0.1) is 14.2 Å². The normalized spacial score (nSPS) is 14.8. The van der Waals surface area contributed by atoms with Crippen molar-refractivity contribution in [2.75, 3.05) is 53.5 Å². The summed E-state index contributed by atoms with van der Waals surface area (Å²) in [5, 5.41) is 2.96.